The lowest BCUT2D eigenvalue weighted by Gasteiger charge is -2.15. The maximum Gasteiger partial charge on any atom is 0.203 e. The average molecular weight is 316 g/mol. The first-order valence-electron chi connectivity index (χ1n) is 7.19. The van der Waals surface area contributed by atoms with E-state index >= 15 is 0 Å². The largest absolute Gasteiger partial charge is 0.493 e. The van der Waals surface area contributed by atoms with Crippen LogP contribution in [0.25, 0.3) is 11.3 Å². The maximum absolute atomic E-state index is 9.33. The minimum absolute atomic E-state index is 0.264. The first-order chi connectivity index (χ1) is 11.0. The predicted molar refractivity (Wildman–Crippen MR) is 84.7 cm³/mol. The highest BCUT2D eigenvalue weighted by Gasteiger charge is 2.20. The molecule has 0 fully saturated rings. The zero-order valence-corrected chi connectivity index (χ0v) is 14.0. The second-order valence-electron chi connectivity index (χ2n) is 5.39. The van der Waals surface area contributed by atoms with E-state index in [4.69, 9.17) is 14.2 Å². The molecule has 0 saturated carbocycles. The molecule has 2 aromatic rings. The fourth-order valence-corrected chi connectivity index (χ4v) is 2.37. The summed E-state index contributed by atoms with van der Waals surface area (Å²) in [5, 5.41) is 17.4. The number of nitriles is 1. The molecular formula is C16H20N4O3. The van der Waals surface area contributed by atoms with Crippen molar-refractivity contribution in [3.63, 3.8) is 0 Å². The van der Waals surface area contributed by atoms with Gasteiger partial charge in [-0.3, -0.25) is 0 Å². The van der Waals surface area contributed by atoms with E-state index in [9.17, 15) is 5.26 Å². The van der Waals surface area contributed by atoms with Crippen LogP contribution in [-0.4, -0.2) is 36.3 Å². The number of hydrogen-bond donors (Lipinski definition) is 0. The van der Waals surface area contributed by atoms with Crippen molar-refractivity contribution in [2.24, 2.45) is 5.92 Å². The molecule has 0 spiro atoms. The van der Waals surface area contributed by atoms with Crippen LogP contribution in [0.15, 0.2) is 12.1 Å². The molecule has 1 aromatic heterocycles. The lowest BCUT2D eigenvalue weighted by molar-refractivity contribution is 0.324. The van der Waals surface area contributed by atoms with Crippen molar-refractivity contribution in [3.05, 3.63) is 17.8 Å². The third-order valence-corrected chi connectivity index (χ3v) is 3.32. The monoisotopic (exact) mass is 316 g/mol. The van der Waals surface area contributed by atoms with Crippen molar-refractivity contribution >= 4 is 0 Å². The zero-order chi connectivity index (χ0) is 17.0. The van der Waals surface area contributed by atoms with Gasteiger partial charge < -0.3 is 14.2 Å². The second-order valence-corrected chi connectivity index (χ2v) is 5.39. The summed E-state index contributed by atoms with van der Waals surface area (Å²) in [4.78, 5) is 0. The second kappa shape index (κ2) is 7.01. The Kier molecular flexibility index (Phi) is 5.06. The molecule has 23 heavy (non-hydrogen) atoms. The van der Waals surface area contributed by atoms with Gasteiger partial charge in [-0.25, -0.2) is 4.68 Å². The van der Waals surface area contributed by atoms with Gasteiger partial charge in [0.05, 0.1) is 21.3 Å². The Morgan fingerprint density at radius 1 is 1.13 bits per heavy atom. The van der Waals surface area contributed by atoms with Gasteiger partial charge in [-0.05, 0) is 18.1 Å². The fourth-order valence-electron chi connectivity index (χ4n) is 2.37. The molecule has 2 rings (SSSR count). The van der Waals surface area contributed by atoms with E-state index in [1.54, 1.807) is 38.1 Å². The topological polar surface area (TPSA) is 82.2 Å². The van der Waals surface area contributed by atoms with Crippen LogP contribution in [0.3, 0.4) is 0 Å². The van der Waals surface area contributed by atoms with Crippen LogP contribution in [0.1, 0.15) is 19.5 Å². The van der Waals surface area contributed by atoms with Gasteiger partial charge in [-0.15, -0.1) is 5.10 Å². The van der Waals surface area contributed by atoms with E-state index in [-0.39, 0.29) is 5.69 Å². The van der Waals surface area contributed by atoms with Gasteiger partial charge in [0.1, 0.15) is 11.8 Å². The minimum atomic E-state index is 0.264. The van der Waals surface area contributed by atoms with Crippen molar-refractivity contribution in [1.82, 2.24) is 15.0 Å². The van der Waals surface area contributed by atoms with Crippen molar-refractivity contribution in [1.29, 1.82) is 5.26 Å². The molecule has 122 valence electrons. The Bertz CT molecular complexity index is 706. The molecule has 0 radical (unpaired) electrons. The van der Waals surface area contributed by atoms with Crippen LogP contribution < -0.4 is 14.2 Å². The van der Waals surface area contributed by atoms with Gasteiger partial charge in [0, 0.05) is 12.1 Å². The van der Waals surface area contributed by atoms with Crippen molar-refractivity contribution in [2.45, 2.75) is 20.4 Å². The SMILES string of the molecule is COc1cc(-c2c(C#N)nnn2CC(C)C)cc(OC)c1OC. The number of nitrogens with zero attached hydrogens (tertiary/aromatic N) is 4. The Hall–Kier alpha value is -2.75. The van der Waals surface area contributed by atoms with Crippen LogP contribution in [0.5, 0.6) is 17.2 Å². The molecule has 0 saturated heterocycles. The first-order valence-corrected chi connectivity index (χ1v) is 7.19. The number of hydrogen-bond acceptors (Lipinski definition) is 6. The van der Waals surface area contributed by atoms with E-state index in [0.717, 1.165) is 5.56 Å². The molecule has 0 atom stereocenters. The summed E-state index contributed by atoms with van der Waals surface area (Å²) in [5.74, 6) is 1.90. The first kappa shape index (κ1) is 16.6. The molecule has 7 heteroatoms. The van der Waals surface area contributed by atoms with Gasteiger partial charge >= 0.3 is 0 Å². The third-order valence-electron chi connectivity index (χ3n) is 3.32. The maximum atomic E-state index is 9.33. The Morgan fingerprint density at radius 3 is 2.17 bits per heavy atom. The highest BCUT2D eigenvalue weighted by molar-refractivity contribution is 5.71. The molecule has 0 bridgehead atoms. The van der Waals surface area contributed by atoms with Gasteiger partial charge in [0.15, 0.2) is 17.2 Å². The summed E-state index contributed by atoms with van der Waals surface area (Å²) >= 11 is 0. The van der Waals surface area contributed by atoms with E-state index < -0.39 is 0 Å². The molecule has 0 N–H and O–H groups in total. The van der Waals surface area contributed by atoms with Crippen LogP contribution >= 0.6 is 0 Å². The number of methoxy groups -OCH3 is 3. The highest BCUT2D eigenvalue weighted by atomic mass is 16.5. The third kappa shape index (κ3) is 3.21. The minimum Gasteiger partial charge on any atom is -0.493 e. The van der Waals surface area contributed by atoms with Gasteiger partial charge in [-0.1, -0.05) is 19.1 Å². The van der Waals surface area contributed by atoms with Gasteiger partial charge in [-0.2, -0.15) is 5.26 Å². The summed E-state index contributed by atoms with van der Waals surface area (Å²) in [6.07, 6.45) is 0. The van der Waals surface area contributed by atoms with E-state index in [1.165, 1.54) is 0 Å². The summed E-state index contributed by atoms with van der Waals surface area (Å²) in [7, 11) is 4.65. The molecular weight excluding hydrogens is 296 g/mol. The lowest BCUT2D eigenvalue weighted by atomic mass is 10.1. The number of benzene rings is 1. The van der Waals surface area contributed by atoms with Crippen molar-refractivity contribution in [3.8, 4) is 34.6 Å². The molecule has 7 nitrogen and oxygen atoms in total. The zero-order valence-electron chi connectivity index (χ0n) is 14.0. The van der Waals surface area contributed by atoms with E-state index in [1.807, 2.05) is 0 Å². The van der Waals surface area contributed by atoms with Crippen molar-refractivity contribution < 1.29 is 14.2 Å². The fraction of sp³-hybridized carbons (Fsp3) is 0.438. The predicted octanol–water partition coefficient (Wildman–Crippen LogP) is 2.50. The molecule has 0 aliphatic carbocycles. The summed E-state index contributed by atoms with van der Waals surface area (Å²) in [5.41, 5.74) is 1.64. The van der Waals surface area contributed by atoms with Crippen molar-refractivity contribution in [2.75, 3.05) is 21.3 Å². The molecule has 0 aliphatic rings. The number of aromatic nitrogens is 3. The smallest absolute Gasteiger partial charge is 0.203 e. The van der Waals surface area contributed by atoms with Gasteiger partial charge in [0.25, 0.3) is 0 Å². The summed E-state index contributed by atoms with van der Waals surface area (Å²) < 4.78 is 17.8. The molecule has 0 unspecified atom stereocenters. The van der Waals surface area contributed by atoms with Crippen LogP contribution in [0.4, 0.5) is 0 Å². The Labute approximate surface area is 135 Å². The Morgan fingerprint density at radius 2 is 1.74 bits per heavy atom. The van der Waals surface area contributed by atoms with E-state index in [2.05, 4.69) is 30.2 Å². The molecule has 1 aromatic carbocycles. The summed E-state index contributed by atoms with van der Waals surface area (Å²) in [6.45, 7) is 4.81. The molecule has 0 amide bonds. The summed E-state index contributed by atoms with van der Waals surface area (Å²) in [6, 6.07) is 5.66. The number of ether oxygens (including phenoxy) is 3. The lowest BCUT2D eigenvalue weighted by Crippen LogP contribution is -2.08. The molecule has 0 aliphatic heterocycles. The molecule has 1 heterocycles. The van der Waals surface area contributed by atoms with E-state index in [0.29, 0.717) is 35.4 Å². The highest BCUT2D eigenvalue weighted by Crippen LogP contribution is 2.41. The normalized spacial score (nSPS) is 10.5. The van der Waals surface area contributed by atoms with Crippen LogP contribution in [0, 0.1) is 17.2 Å². The van der Waals surface area contributed by atoms with Crippen LogP contribution in [0.2, 0.25) is 0 Å². The van der Waals surface area contributed by atoms with Gasteiger partial charge in [0.2, 0.25) is 5.75 Å². The Balaban J connectivity index is 2.67. The average Bonchev–Trinajstić information content (AvgIpc) is 2.95. The van der Waals surface area contributed by atoms with Crippen LogP contribution in [-0.2, 0) is 6.54 Å². The quantitative estimate of drug-likeness (QED) is 0.814. The number of rotatable bonds is 6. The standard InChI is InChI=1S/C16H20N4O3/c1-10(2)9-20-15(12(8-17)18-19-20)11-6-13(21-3)16(23-5)14(7-11)22-4/h6-7,10H,9H2,1-5H3.